The second-order valence-corrected chi connectivity index (χ2v) is 5.22. The maximum atomic E-state index is 4.34. The van der Waals surface area contributed by atoms with Gasteiger partial charge in [0.25, 0.3) is 0 Å². The predicted octanol–water partition coefficient (Wildman–Crippen LogP) is 3.07. The zero-order valence-corrected chi connectivity index (χ0v) is 11.5. The third kappa shape index (κ3) is 3.30. The highest BCUT2D eigenvalue weighted by Gasteiger charge is 2.17. The van der Waals surface area contributed by atoms with E-state index >= 15 is 0 Å². The highest BCUT2D eigenvalue weighted by atomic mass is 79.9. The molecule has 0 saturated carbocycles. The van der Waals surface area contributed by atoms with Crippen molar-refractivity contribution < 1.29 is 0 Å². The lowest BCUT2D eigenvalue weighted by Crippen LogP contribution is -2.18. The van der Waals surface area contributed by atoms with Crippen LogP contribution in [0.1, 0.15) is 39.6 Å². The average molecular weight is 274 g/mol. The minimum absolute atomic E-state index is 0.394. The van der Waals surface area contributed by atoms with E-state index in [1.807, 2.05) is 4.68 Å². The maximum Gasteiger partial charge on any atom is 0.138 e. The Kier molecular flexibility index (Phi) is 4.77. The molecule has 0 aliphatic rings. The first kappa shape index (κ1) is 12.7. The van der Waals surface area contributed by atoms with E-state index in [1.165, 1.54) is 0 Å². The van der Waals surface area contributed by atoms with Crippen LogP contribution in [-0.4, -0.2) is 20.1 Å². The minimum atomic E-state index is 0.394. The van der Waals surface area contributed by atoms with E-state index in [-0.39, 0.29) is 0 Å². The molecule has 0 amide bonds. The summed E-state index contributed by atoms with van der Waals surface area (Å²) < 4.78 is 2.01. The van der Waals surface area contributed by atoms with Gasteiger partial charge in [0.1, 0.15) is 12.2 Å². The Morgan fingerprint density at radius 1 is 1.33 bits per heavy atom. The molecule has 0 aliphatic carbocycles. The molecule has 1 rings (SSSR count). The Labute approximate surface area is 100 Å². The Morgan fingerprint density at radius 2 is 2.00 bits per heavy atom. The molecule has 1 heterocycles. The van der Waals surface area contributed by atoms with Gasteiger partial charge in [0.2, 0.25) is 0 Å². The van der Waals surface area contributed by atoms with Gasteiger partial charge in [0, 0.05) is 17.8 Å². The molecule has 1 unspecified atom stereocenters. The second-order valence-electron chi connectivity index (χ2n) is 4.58. The van der Waals surface area contributed by atoms with Crippen LogP contribution in [0.15, 0.2) is 6.33 Å². The summed E-state index contributed by atoms with van der Waals surface area (Å²) in [6.45, 7) is 8.78. The first-order valence-electron chi connectivity index (χ1n) is 5.50. The molecule has 4 heteroatoms. The quantitative estimate of drug-likeness (QED) is 0.772. The Bertz CT molecular complexity index is 294. The minimum Gasteiger partial charge on any atom is -0.248 e. The van der Waals surface area contributed by atoms with Crippen molar-refractivity contribution in [1.82, 2.24) is 14.8 Å². The van der Waals surface area contributed by atoms with Gasteiger partial charge in [-0.15, -0.1) is 0 Å². The van der Waals surface area contributed by atoms with Gasteiger partial charge in [0.05, 0.1) is 0 Å². The zero-order chi connectivity index (χ0) is 11.4. The number of alkyl halides is 1. The van der Waals surface area contributed by atoms with E-state index in [9.17, 15) is 0 Å². The molecule has 3 nitrogen and oxygen atoms in total. The molecule has 0 saturated heterocycles. The second kappa shape index (κ2) is 5.64. The van der Waals surface area contributed by atoms with Crippen LogP contribution in [0.5, 0.6) is 0 Å². The van der Waals surface area contributed by atoms with Gasteiger partial charge in [-0.2, -0.15) is 5.10 Å². The van der Waals surface area contributed by atoms with Crippen molar-refractivity contribution in [3.05, 3.63) is 12.2 Å². The molecule has 15 heavy (non-hydrogen) atoms. The Morgan fingerprint density at radius 3 is 2.47 bits per heavy atom. The summed E-state index contributed by atoms with van der Waals surface area (Å²) in [7, 11) is 0. The van der Waals surface area contributed by atoms with Crippen molar-refractivity contribution in [1.29, 1.82) is 0 Å². The van der Waals surface area contributed by atoms with Gasteiger partial charge in [-0.3, -0.25) is 0 Å². The molecule has 0 aliphatic heterocycles. The van der Waals surface area contributed by atoms with E-state index in [0.29, 0.717) is 17.9 Å². The summed E-state index contributed by atoms with van der Waals surface area (Å²) in [6.07, 6.45) is 2.65. The zero-order valence-electron chi connectivity index (χ0n) is 9.94. The van der Waals surface area contributed by atoms with Gasteiger partial charge >= 0.3 is 0 Å². The third-order valence-corrected chi connectivity index (χ3v) is 3.55. The summed E-state index contributed by atoms with van der Waals surface area (Å²) in [5, 5.41) is 5.28. The lowest BCUT2D eigenvalue weighted by atomic mass is 9.94. The van der Waals surface area contributed by atoms with Crippen LogP contribution in [0, 0.1) is 11.8 Å². The fraction of sp³-hybridized carbons (Fsp3) is 0.818. The van der Waals surface area contributed by atoms with Crippen LogP contribution in [0.25, 0.3) is 0 Å². The van der Waals surface area contributed by atoms with Crippen LogP contribution in [0.3, 0.4) is 0 Å². The molecule has 0 spiro atoms. The Hall–Kier alpha value is -0.380. The summed E-state index contributed by atoms with van der Waals surface area (Å²) in [6, 6.07) is 0.394. The average Bonchev–Trinajstić information content (AvgIpc) is 2.61. The smallest absolute Gasteiger partial charge is 0.138 e. The molecule has 0 aromatic carbocycles. The molecular weight excluding hydrogens is 254 g/mol. The van der Waals surface area contributed by atoms with E-state index < -0.39 is 0 Å². The number of hydrogen-bond acceptors (Lipinski definition) is 2. The summed E-state index contributed by atoms with van der Waals surface area (Å²) >= 11 is 3.57. The van der Waals surface area contributed by atoms with Gasteiger partial charge in [-0.1, -0.05) is 29.8 Å². The van der Waals surface area contributed by atoms with Gasteiger partial charge < -0.3 is 0 Å². The first-order valence-corrected chi connectivity index (χ1v) is 6.62. The first-order chi connectivity index (χ1) is 7.06. The normalized spacial score (nSPS) is 13.8. The van der Waals surface area contributed by atoms with Crippen molar-refractivity contribution in [3.63, 3.8) is 0 Å². The van der Waals surface area contributed by atoms with Crippen LogP contribution in [-0.2, 0) is 6.42 Å². The maximum absolute atomic E-state index is 4.34. The monoisotopic (exact) mass is 273 g/mol. The topological polar surface area (TPSA) is 30.7 Å². The van der Waals surface area contributed by atoms with Gasteiger partial charge in [-0.25, -0.2) is 9.67 Å². The highest BCUT2D eigenvalue weighted by molar-refractivity contribution is 9.09. The van der Waals surface area contributed by atoms with E-state index in [4.69, 9.17) is 0 Å². The molecule has 0 N–H and O–H groups in total. The van der Waals surface area contributed by atoms with Crippen molar-refractivity contribution in [2.45, 2.75) is 40.2 Å². The van der Waals surface area contributed by atoms with Gasteiger partial charge in [0.15, 0.2) is 0 Å². The molecule has 1 atom stereocenters. The number of nitrogens with zero attached hydrogens (tertiary/aromatic N) is 3. The number of aromatic nitrogens is 3. The van der Waals surface area contributed by atoms with Crippen LogP contribution in [0.2, 0.25) is 0 Å². The lowest BCUT2D eigenvalue weighted by Gasteiger charge is -2.18. The third-order valence-electron chi connectivity index (χ3n) is 2.72. The molecule has 1 aromatic heterocycles. The molecule has 0 radical (unpaired) electrons. The Balaban J connectivity index is 2.74. The largest absolute Gasteiger partial charge is 0.248 e. The molecule has 0 bridgehead atoms. The molecule has 86 valence electrons. The van der Waals surface area contributed by atoms with E-state index in [2.05, 4.69) is 53.7 Å². The standard InChI is InChI=1S/C11H20BrN3/c1-8(2)10(6-12)5-11-13-7-14-15(11)9(3)4/h7-10H,5-6H2,1-4H3. The van der Waals surface area contributed by atoms with Crippen molar-refractivity contribution >= 4 is 15.9 Å². The summed E-state index contributed by atoms with van der Waals surface area (Å²) in [4.78, 5) is 4.34. The van der Waals surface area contributed by atoms with Crippen LogP contribution < -0.4 is 0 Å². The number of hydrogen-bond donors (Lipinski definition) is 0. The van der Waals surface area contributed by atoms with E-state index in [0.717, 1.165) is 17.6 Å². The molecular formula is C11H20BrN3. The van der Waals surface area contributed by atoms with Crippen LogP contribution >= 0.6 is 15.9 Å². The SMILES string of the molecule is CC(C)C(CBr)Cc1ncnn1C(C)C. The summed E-state index contributed by atoms with van der Waals surface area (Å²) in [5.41, 5.74) is 0. The van der Waals surface area contributed by atoms with Crippen molar-refractivity contribution in [3.8, 4) is 0 Å². The predicted molar refractivity (Wildman–Crippen MR) is 66.2 cm³/mol. The number of rotatable bonds is 5. The highest BCUT2D eigenvalue weighted by Crippen LogP contribution is 2.19. The van der Waals surface area contributed by atoms with Crippen molar-refractivity contribution in [2.24, 2.45) is 11.8 Å². The molecule has 1 aromatic rings. The fourth-order valence-electron chi connectivity index (χ4n) is 1.55. The molecule has 0 fully saturated rings. The van der Waals surface area contributed by atoms with Crippen LogP contribution in [0.4, 0.5) is 0 Å². The van der Waals surface area contributed by atoms with Crippen molar-refractivity contribution in [2.75, 3.05) is 5.33 Å². The lowest BCUT2D eigenvalue weighted by molar-refractivity contribution is 0.398. The van der Waals surface area contributed by atoms with Gasteiger partial charge in [-0.05, 0) is 25.7 Å². The fourth-order valence-corrected chi connectivity index (χ4v) is 2.53. The van der Waals surface area contributed by atoms with E-state index in [1.54, 1.807) is 6.33 Å². The summed E-state index contributed by atoms with van der Waals surface area (Å²) in [5.74, 6) is 2.40. The number of halogens is 1.